The molecule has 3 aliphatic rings. The highest BCUT2D eigenvalue weighted by atomic mass is 16.2. The average molecular weight is 398 g/mol. The molecule has 2 fully saturated rings. The molecule has 1 atom stereocenters. The van der Waals surface area contributed by atoms with Crippen LogP contribution in [0.15, 0.2) is 24.3 Å². The van der Waals surface area contributed by atoms with E-state index >= 15 is 0 Å². The summed E-state index contributed by atoms with van der Waals surface area (Å²) in [5.74, 6) is 1.11. The molecule has 0 saturated carbocycles. The maximum absolute atomic E-state index is 12.9. The van der Waals surface area contributed by atoms with Crippen LogP contribution in [0.5, 0.6) is 0 Å². The van der Waals surface area contributed by atoms with E-state index in [-0.39, 0.29) is 5.92 Å². The number of likely N-dealkylation sites (tertiary alicyclic amines) is 2. The van der Waals surface area contributed by atoms with Crippen molar-refractivity contribution in [1.29, 1.82) is 0 Å². The number of piperidine rings is 2. The van der Waals surface area contributed by atoms with Crippen LogP contribution < -0.4 is 0 Å². The first-order chi connectivity index (χ1) is 14.0. The molecule has 160 valence electrons. The zero-order chi connectivity index (χ0) is 20.4. The maximum atomic E-state index is 12.9. The summed E-state index contributed by atoms with van der Waals surface area (Å²) in [5, 5.41) is 0. The molecule has 1 aliphatic carbocycles. The second-order valence-corrected chi connectivity index (χ2v) is 10.0. The Balaban J connectivity index is 1.27. The van der Waals surface area contributed by atoms with Crippen LogP contribution in [-0.2, 0) is 17.6 Å². The molecule has 4 rings (SSSR count). The Morgan fingerprint density at radius 2 is 1.66 bits per heavy atom. The number of hydrogen-bond acceptors (Lipinski definition) is 3. The lowest BCUT2D eigenvalue weighted by molar-refractivity contribution is -0.137. The molecule has 0 radical (unpaired) electrons. The zero-order valence-corrected chi connectivity index (χ0v) is 18.6. The number of benzene rings is 1. The lowest BCUT2D eigenvalue weighted by Gasteiger charge is -2.43. The monoisotopic (exact) mass is 397 g/mol. The number of carbonyl (C=O) groups excluding carboxylic acids is 1. The van der Waals surface area contributed by atoms with E-state index in [1.54, 1.807) is 11.1 Å². The highest BCUT2D eigenvalue weighted by Gasteiger charge is 2.35. The van der Waals surface area contributed by atoms with E-state index in [0.717, 1.165) is 19.5 Å². The van der Waals surface area contributed by atoms with Crippen LogP contribution in [-0.4, -0.2) is 72.5 Å². The van der Waals surface area contributed by atoms with Crippen LogP contribution in [0.25, 0.3) is 0 Å². The number of carbonyl (C=O) groups is 1. The summed E-state index contributed by atoms with van der Waals surface area (Å²) in [6, 6.07) is 10.3. The summed E-state index contributed by atoms with van der Waals surface area (Å²) in [6.45, 7) is 9.83. The first-order valence-electron chi connectivity index (χ1n) is 11.8. The molecule has 29 heavy (non-hydrogen) atoms. The van der Waals surface area contributed by atoms with Crippen LogP contribution in [0.3, 0.4) is 0 Å². The number of amides is 1. The predicted octanol–water partition coefficient (Wildman–Crippen LogP) is 3.44. The van der Waals surface area contributed by atoms with Crippen LogP contribution in [0.1, 0.15) is 50.7 Å². The molecule has 1 amide bonds. The summed E-state index contributed by atoms with van der Waals surface area (Å²) in [6.07, 6.45) is 7.21. The van der Waals surface area contributed by atoms with Crippen molar-refractivity contribution in [1.82, 2.24) is 14.7 Å². The Morgan fingerprint density at radius 1 is 1.00 bits per heavy atom. The number of nitrogens with zero attached hydrogens (tertiary/aromatic N) is 3. The van der Waals surface area contributed by atoms with Crippen molar-refractivity contribution in [2.75, 3.05) is 39.8 Å². The Labute approximate surface area is 177 Å². The van der Waals surface area contributed by atoms with Crippen molar-refractivity contribution >= 4 is 5.91 Å². The molecule has 0 aromatic heterocycles. The number of rotatable bonds is 5. The van der Waals surface area contributed by atoms with E-state index < -0.39 is 0 Å². The van der Waals surface area contributed by atoms with Gasteiger partial charge in [-0.1, -0.05) is 38.1 Å². The predicted molar refractivity (Wildman–Crippen MR) is 119 cm³/mol. The van der Waals surface area contributed by atoms with E-state index in [4.69, 9.17) is 0 Å². The van der Waals surface area contributed by atoms with Gasteiger partial charge in [0, 0.05) is 32.2 Å². The van der Waals surface area contributed by atoms with Crippen molar-refractivity contribution in [3.8, 4) is 0 Å². The fourth-order valence-corrected chi connectivity index (χ4v) is 5.90. The molecule has 0 N–H and O–H groups in total. The third-order valence-electron chi connectivity index (χ3n) is 7.38. The van der Waals surface area contributed by atoms with Crippen LogP contribution in [0.2, 0.25) is 0 Å². The molecular formula is C25H39N3O. The van der Waals surface area contributed by atoms with E-state index in [9.17, 15) is 4.79 Å². The first kappa shape index (κ1) is 20.9. The molecule has 0 spiro atoms. The lowest BCUT2D eigenvalue weighted by atomic mass is 9.92. The Morgan fingerprint density at radius 3 is 2.28 bits per heavy atom. The van der Waals surface area contributed by atoms with Crippen molar-refractivity contribution < 1.29 is 4.79 Å². The molecule has 0 bridgehead atoms. The smallest absolute Gasteiger partial charge is 0.226 e. The summed E-state index contributed by atoms with van der Waals surface area (Å²) >= 11 is 0. The minimum atomic E-state index is 0.204. The molecule has 2 heterocycles. The first-order valence-corrected chi connectivity index (χ1v) is 11.8. The SMILES string of the molecule is CC(C)CN(C)C(=O)[C@@H]1CCCN(C2CCN(C3Cc4ccccc4C3)CC2)C1. The summed E-state index contributed by atoms with van der Waals surface area (Å²) < 4.78 is 0. The molecule has 4 nitrogen and oxygen atoms in total. The van der Waals surface area contributed by atoms with Gasteiger partial charge < -0.3 is 4.90 Å². The van der Waals surface area contributed by atoms with Crippen LogP contribution >= 0.6 is 0 Å². The lowest BCUT2D eigenvalue weighted by Crippen LogP contribution is -2.52. The highest BCUT2D eigenvalue weighted by molar-refractivity contribution is 5.78. The highest BCUT2D eigenvalue weighted by Crippen LogP contribution is 2.30. The van der Waals surface area contributed by atoms with Gasteiger partial charge in [0.2, 0.25) is 5.91 Å². The van der Waals surface area contributed by atoms with Gasteiger partial charge in [0.15, 0.2) is 0 Å². The standard InChI is InChI=1S/C25H39N3O/c1-19(2)17-26(3)25(29)22-9-6-12-28(18-22)23-10-13-27(14-11-23)24-15-20-7-4-5-8-21(20)16-24/h4-5,7-8,19,22-24H,6,9-18H2,1-3H3/t22-/m1/s1. The normalized spacial score (nSPS) is 24.8. The Bertz CT molecular complexity index is 670. The minimum absolute atomic E-state index is 0.204. The van der Waals surface area contributed by atoms with E-state index in [1.165, 1.54) is 51.7 Å². The molecule has 1 aromatic rings. The number of hydrogen-bond donors (Lipinski definition) is 0. The van der Waals surface area contributed by atoms with Crippen LogP contribution in [0.4, 0.5) is 0 Å². The van der Waals surface area contributed by atoms with Gasteiger partial charge in [-0.05, 0) is 75.2 Å². The van der Waals surface area contributed by atoms with Gasteiger partial charge in [-0.25, -0.2) is 0 Å². The second kappa shape index (κ2) is 9.18. The van der Waals surface area contributed by atoms with Gasteiger partial charge >= 0.3 is 0 Å². The van der Waals surface area contributed by atoms with Crippen LogP contribution in [0, 0.1) is 11.8 Å². The van der Waals surface area contributed by atoms with Gasteiger partial charge in [0.25, 0.3) is 0 Å². The summed E-state index contributed by atoms with van der Waals surface area (Å²) in [4.78, 5) is 20.2. The largest absolute Gasteiger partial charge is 0.345 e. The zero-order valence-electron chi connectivity index (χ0n) is 18.6. The van der Waals surface area contributed by atoms with Crippen molar-refractivity contribution in [3.05, 3.63) is 35.4 Å². The maximum Gasteiger partial charge on any atom is 0.226 e. The topological polar surface area (TPSA) is 26.8 Å². The van der Waals surface area contributed by atoms with Gasteiger partial charge in [0.1, 0.15) is 0 Å². The number of fused-ring (bicyclic) bond motifs is 1. The van der Waals surface area contributed by atoms with E-state index in [2.05, 4.69) is 47.9 Å². The molecule has 0 unspecified atom stereocenters. The molecule has 2 aliphatic heterocycles. The third kappa shape index (κ3) is 4.86. The Hall–Kier alpha value is -1.39. The fraction of sp³-hybridized carbons (Fsp3) is 0.720. The minimum Gasteiger partial charge on any atom is -0.345 e. The van der Waals surface area contributed by atoms with E-state index in [0.29, 0.717) is 23.9 Å². The van der Waals surface area contributed by atoms with Gasteiger partial charge in [-0.15, -0.1) is 0 Å². The summed E-state index contributed by atoms with van der Waals surface area (Å²) in [7, 11) is 1.99. The fourth-order valence-electron chi connectivity index (χ4n) is 5.90. The van der Waals surface area contributed by atoms with E-state index in [1.807, 2.05) is 11.9 Å². The molecule has 1 aromatic carbocycles. The quantitative estimate of drug-likeness (QED) is 0.761. The average Bonchev–Trinajstić information content (AvgIpc) is 3.17. The van der Waals surface area contributed by atoms with Crippen molar-refractivity contribution in [2.45, 2.75) is 64.5 Å². The summed E-state index contributed by atoms with van der Waals surface area (Å²) in [5.41, 5.74) is 3.12. The van der Waals surface area contributed by atoms with Gasteiger partial charge in [-0.2, -0.15) is 0 Å². The van der Waals surface area contributed by atoms with Gasteiger partial charge in [-0.3, -0.25) is 14.6 Å². The second-order valence-electron chi connectivity index (χ2n) is 10.0. The molecule has 2 saturated heterocycles. The molecule has 4 heteroatoms. The Kier molecular flexibility index (Phi) is 6.60. The van der Waals surface area contributed by atoms with Crippen molar-refractivity contribution in [2.24, 2.45) is 11.8 Å². The third-order valence-corrected chi connectivity index (χ3v) is 7.38. The van der Waals surface area contributed by atoms with Crippen molar-refractivity contribution in [3.63, 3.8) is 0 Å². The molecular weight excluding hydrogens is 358 g/mol. The van der Waals surface area contributed by atoms with Gasteiger partial charge in [0.05, 0.1) is 5.92 Å².